The van der Waals surface area contributed by atoms with Gasteiger partial charge in [0.1, 0.15) is 23.3 Å². The van der Waals surface area contributed by atoms with Crippen LogP contribution in [0.2, 0.25) is 0 Å². The van der Waals surface area contributed by atoms with Gasteiger partial charge in [0.25, 0.3) is 0 Å². The van der Waals surface area contributed by atoms with Crippen LogP contribution in [-0.2, 0) is 25.5 Å². The second-order valence-electron chi connectivity index (χ2n) is 9.77. The van der Waals surface area contributed by atoms with Crippen molar-refractivity contribution in [3.05, 3.63) is 35.9 Å². The van der Waals surface area contributed by atoms with Gasteiger partial charge >= 0.3 is 12.1 Å². The number of hydrogen-bond acceptors (Lipinski definition) is 6. The predicted molar refractivity (Wildman–Crippen MR) is 124 cm³/mol. The Kier molecular flexibility index (Phi) is 10.7. The smallest absolute Gasteiger partial charge is 0.408 e. The fourth-order valence-electron chi connectivity index (χ4n) is 2.90. The van der Waals surface area contributed by atoms with E-state index in [2.05, 4.69) is 10.6 Å². The van der Waals surface area contributed by atoms with Gasteiger partial charge in [0, 0.05) is 6.42 Å². The van der Waals surface area contributed by atoms with E-state index in [4.69, 9.17) is 15.2 Å². The highest BCUT2D eigenvalue weighted by atomic mass is 16.6. The van der Waals surface area contributed by atoms with Crippen LogP contribution in [-0.4, -0.2) is 47.8 Å². The highest BCUT2D eigenvalue weighted by Crippen LogP contribution is 2.13. The summed E-state index contributed by atoms with van der Waals surface area (Å²) in [5.74, 6) is -0.998. The van der Waals surface area contributed by atoms with E-state index in [0.29, 0.717) is 19.4 Å². The van der Waals surface area contributed by atoms with Crippen LogP contribution in [0, 0.1) is 0 Å². The third-order valence-electron chi connectivity index (χ3n) is 4.24. The van der Waals surface area contributed by atoms with E-state index in [-0.39, 0.29) is 6.42 Å². The summed E-state index contributed by atoms with van der Waals surface area (Å²) in [6.07, 6.45) is 1.31. The molecule has 2 atom stereocenters. The molecule has 0 saturated carbocycles. The van der Waals surface area contributed by atoms with Crippen molar-refractivity contribution in [2.75, 3.05) is 6.54 Å². The number of rotatable bonds is 10. The zero-order chi connectivity index (χ0) is 24.4. The molecule has 8 heteroatoms. The highest BCUT2D eigenvalue weighted by Gasteiger charge is 2.30. The molecule has 4 N–H and O–H groups in total. The molecular weight excluding hydrogens is 410 g/mol. The molecular formula is C24H39N3O5. The summed E-state index contributed by atoms with van der Waals surface area (Å²) < 4.78 is 10.8. The lowest BCUT2D eigenvalue weighted by Crippen LogP contribution is -2.54. The van der Waals surface area contributed by atoms with Gasteiger partial charge in [-0.3, -0.25) is 4.79 Å². The summed E-state index contributed by atoms with van der Waals surface area (Å²) in [5, 5.41) is 5.40. The predicted octanol–water partition coefficient (Wildman–Crippen LogP) is 3.08. The quantitative estimate of drug-likeness (QED) is 0.373. The van der Waals surface area contributed by atoms with Crippen LogP contribution in [0.3, 0.4) is 0 Å². The number of ether oxygens (including phenoxy) is 2. The Morgan fingerprint density at radius 2 is 1.47 bits per heavy atom. The molecule has 0 aliphatic heterocycles. The Labute approximate surface area is 191 Å². The molecule has 0 fully saturated rings. The average Bonchev–Trinajstić information content (AvgIpc) is 2.64. The molecule has 0 aromatic heterocycles. The first-order chi connectivity index (χ1) is 14.8. The maximum absolute atomic E-state index is 13.1. The number of benzene rings is 1. The van der Waals surface area contributed by atoms with Crippen LogP contribution >= 0.6 is 0 Å². The normalized spacial score (nSPS) is 13.6. The lowest BCUT2D eigenvalue weighted by molar-refractivity contribution is -0.159. The van der Waals surface area contributed by atoms with Crippen molar-refractivity contribution >= 4 is 18.0 Å². The molecule has 2 unspecified atom stereocenters. The maximum Gasteiger partial charge on any atom is 0.408 e. The Balaban J connectivity index is 3.00. The monoisotopic (exact) mass is 449 g/mol. The minimum absolute atomic E-state index is 0.246. The topological polar surface area (TPSA) is 120 Å². The van der Waals surface area contributed by atoms with Crippen molar-refractivity contribution in [3.63, 3.8) is 0 Å². The molecule has 0 aliphatic rings. The number of hydrogen-bond donors (Lipinski definition) is 3. The number of amides is 2. The van der Waals surface area contributed by atoms with Crippen LogP contribution in [0.15, 0.2) is 30.3 Å². The third-order valence-corrected chi connectivity index (χ3v) is 4.24. The van der Waals surface area contributed by atoms with E-state index in [0.717, 1.165) is 12.0 Å². The van der Waals surface area contributed by atoms with Crippen molar-refractivity contribution in [1.29, 1.82) is 0 Å². The van der Waals surface area contributed by atoms with Gasteiger partial charge in [0.05, 0.1) is 0 Å². The largest absolute Gasteiger partial charge is 0.458 e. The molecule has 8 nitrogen and oxygen atoms in total. The molecule has 0 heterocycles. The van der Waals surface area contributed by atoms with E-state index in [9.17, 15) is 14.4 Å². The van der Waals surface area contributed by atoms with E-state index in [1.54, 1.807) is 41.5 Å². The van der Waals surface area contributed by atoms with Gasteiger partial charge in [-0.1, -0.05) is 30.3 Å². The molecule has 2 amide bonds. The lowest BCUT2D eigenvalue weighted by atomic mass is 10.0. The van der Waals surface area contributed by atoms with Gasteiger partial charge in [-0.05, 0) is 72.9 Å². The van der Waals surface area contributed by atoms with Gasteiger partial charge in [0.2, 0.25) is 5.91 Å². The molecule has 180 valence electrons. The number of carbonyl (C=O) groups is 3. The first kappa shape index (κ1) is 27.4. The number of esters is 1. The molecule has 0 radical (unpaired) electrons. The number of alkyl carbamates (subject to hydrolysis) is 1. The number of unbranched alkanes of at least 4 members (excludes halogenated alkanes) is 1. The molecule has 1 rings (SSSR count). The van der Waals surface area contributed by atoms with Crippen molar-refractivity contribution in [2.45, 2.75) is 90.5 Å². The summed E-state index contributed by atoms with van der Waals surface area (Å²) in [6, 6.07) is 7.55. The fourth-order valence-corrected chi connectivity index (χ4v) is 2.90. The fraction of sp³-hybridized carbons (Fsp3) is 0.625. The first-order valence-electron chi connectivity index (χ1n) is 11.1. The standard InChI is InChI=1S/C24H39N3O5/c1-23(2,3)31-21(29)18(14-10-11-15-25)26-20(28)19(16-17-12-8-7-9-13-17)27-22(30)32-24(4,5)6/h7-9,12-13,18-19H,10-11,14-16,25H2,1-6H3,(H,26,28)(H,27,30). The first-order valence-corrected chi connectivity index (χ1v) is 11.1. The van der Waals surface area contributed by atoms with Crippen LogP contribution < -0.4 is 16.4 Å². The number of nitrogens with one attached hydrogen (secondary N) is 2. The van der Waals surface area contributed by atoms with Gasteiger partial charge in [-0.2, -0.15) is 0 Å². The molecule has 0 aliphatic carbocycles. The highest BCUT2D eigenvalue weighted by molar-refractivity contribution is 5.90. The van der Waals surface area contributed by atoms with Crippen LogP contribution in [0.5, 0.6) is 0 Å². The number of nitrogens with two attached hydrogens (primary N) is 1. The maximum atomic E-state index is 13.1. The van der Waals surface area contributed by atoms with Crippen molar-refractivity contribution in [1.82, 2.24) is 10.6 Å². The molecule has 0 spiro atoms. The zero-order valence-corrected chi connectivity index (χ0v) is 20.2. The Morgan fingerprint density at radius 1 is 0.875 bits per heavy atom. The Hall–Kier alpha value is -2.61. The second kappa shape index (κ2) is 12.4. The Bertz CT molecular complexity index is 738. The van der Waals surface area contributed by atoms with Gasteiger partial charge < -0.3 is 25.8 Å². The molecule has 0 saturated heterocycles. The average molecular weight is 450 g/mol. The molecule has 1 aromatic carbocycles. The summed E-state index contributed by atoms with van der Waals surface area (Å²) in [6.45, 7) is 11.0. The van der Waals surface area contributed by atoms with Gasteiger partial charge in [0.15, 0.2) is 0 Å². The minimum atomic E-state index is -0.924. The van der Waals surface area contributed by atoms with Gasteiger partial charge in [-0.15, -0.1) is 0 Å². The Morgan fingerprint density at radius 3 is 2.00 bits per heavy atom. The summed E-state index contributed by atoms with van der Waals surface area (Å²) in [4.78, 5) is 38.2. The molecule has 32 heavy (non-hydrogen) atoms. The number of carbonyl (C=O) groups excluding carboxylic acids is 3. The summed E-state index contributed by atoms with van der Waals surface area (Å²) in [5.41, 5.74) is 5.03. The van der Waals surface area contributed by atoms with Crippen LogP contribution in [0.4, 0.5) is 4.79 Å². The molecule has 1 aromatic rings. The van der Waals surface area contributed by atoms with E-state index in [1.165, 1.54) is 0 Å². The van der Waals surface area contributed by atoms with Crippen molar-refractivity contribution < 1.29 is 23.9 Å². The zero-order valence-electron chi connectivity index (χ0n) is 20.2. The summed E-state index contributed by atoms with van der Waals surface area (Å²) >= 11 is 0. The summed E-state index contributed by atoms with van der Waals surface area (Å²) in [7, 11) is 0. The van der Waals surface area contributed by atoms with Crippen molar-refractivity contribution in [3.8, 4) is 0 Å². The van der Waals surface area contributed by atoms with E-state index >= 15 is 0 Å². The second-order valence-corrected chi connectivity index (χ2v) is 9.77. The van der Waals surface area contributed by atoms with Gasteiger partial charge in [-0.25, -0.2) is 9.59 Å². The van der Waals surface area contributed by atoms with Crippen molar-refractivity contribution in [2.24, 2.45) is 5.73 Å². The minimum Gasteiger partial charge on any atom is -0.458 e. The third kappa shape index (κ3) is 11.7. The lowest BCUT2D eigenvalue weighted by Gasteiger charge is -2.27. The molecule has 0 bridgehead atoms. The van der Waals surface area contributed by atoms with E-state index in [1.807, 2.05) is 30.3 Å². The SMILES string of the molecule is CC(C)(C)OC(=O)NC(Cc1ccccc1)C(=O)NC(CCCCN)C(=O)OC(C)(C)C. The van der Waals surface area contributed by atoms with Crippen LogP contribution in [0.1, 0.15) is 66.4 Å². The van der Waals surface area contributed by atoms with Crippen LogP contribution in [0.25, 0.3) is 0 Å². The van der Waals surface area contributed by atoms with E-state index < -0.39 is 41.3 Å².